The number of piperidine rings is 1. The fraction of sp³-hybridized carbons (Fsp3) is 0.526. The number of carbonyl (C=O) groups excluding carboxylic acids is 3. The highest BCUT2D eigenvalue weighted by Crippen LogP contribution is 2.32. The Kier molecular flexibility index (Phi) is 4.50. The van der Waals surface area contributed by atoms with Crippen molar-refractivity contribution in [1.29, 1.82) is 0 Å². The van der Waals surface area contributed by atoms with Crippen molar-refractivity contribution in [3.63, 3.8) is 0 Å². The van der Waals surface area contributed by atoms with Crippen LogP contribution in [-0.2, 0) is 22.7 Å². The molecule has 2 fully saturated rings. The number of benzene rings is 1. The maximum atomic E-state index is 13.0. The Labute approximate surface area is 152 Å². The van der Waals surface area contributed by atoms with Gasteiger partial charge in [-0.2, -0.15) is 0 Å². The van der Waals surface area contributed by atoms with E-state index in [0.29, 0.717) is 31.0 Å². The number of amides is 3. The van der Waals surface area contributed by atoms with Crippen LogP contribution in [-0.4, -0.2) is 41.2 Å². The lowest BCUT2D eigenvalue weighted by atomic mass is 10.0. The first kappa shape index (κ1) is 17.2. The van der Waals surface area contributed by atoms with Crippen molar-refractivity contribution in [3.8, 4) is 0 Å². The van der Waals surface area contributed by atoms with Gasteiger partial charge < -0.3 is 16.0 Å². The fourth-order valence-corrected chi connectivity index (χ4v) is 3.90. The highest BCUT2D eigenvalue weighted by atomic mass is 16.2. The van der Waals surface area contributed by atoms with Crippen molar-refractivity contribution >= 4 is 17.7 Å². The van der Waals surface area contributed by atoms with Crippen LogP contribution in [0.25, 0.3) is 0 Å². The highest BCUT2D eigenvalue weighted by Gasteiger charge is 2.39. The van der Waals surface area contributed by atoms with E-state index < -0.39 is 6.04 Å². The topological polar surface area (TPSA) is 105 Å². The van der Waals surface area contributed by atoms with Crippen LogP contribution in [0.2, 0.25) is 0 Å². The summed E-state index contributed by atoms with van der Waals surface area (Å²) < 4.78 is 0. The zero-order valence-electron chi connectivity index (χ0n) is 14.7. The van der Waals surface area contributed by atoms with Crippen molar-refractivity contribution in [1.82, 2.24) is 15.5 Å². The van der Waals surface area contributed by atoms with E-state index in [0.717, 1.165) is 17.7 Å². The summed E-state index contributed by atoms with van der Waals surface area (Å²) in [6, 6.07) is 5.41. The third-order valence-corrected chi connectivity index (χ3v) is 5.56. The third-order valence-electron chi connectivity index (χ3n) is 5.56. The van der Waals surface area contributed by atoms with Gasteiger partial charge in [-0.05, 0) is 36.3 Å². The summed E-state index contributed by atoms with van der Waals surface area (Å²) in [5.74, 6) is -0.142. The van der Waals surface area contributed by atoms with Gasteiger partial charge >= 0.3 is 0 Å². The zero-order chi connectivity index (χ0) is 18.3. The summed E-state index contributed by atoms with van der Waals surface area (Å²) in [5, 5.41) is 5.70. The van der Waals surface area contributed by atoms with Crippen LogP contribution < -0.4 is 16.4 Å². The van der Waals surface area contributed by atoms with Gasteiger partial charge in [0, 0.05) is 37.7 Å². The second-order valence-electron chi connectivity index (χ2n) is 7.48. The smallest absolute Gasteiger partial charge is 0.255 e. The first-order valence-electron chi connectivity index (χ1n) is 9.26. The number of imide groups is 1. The molecule has 0 radical (unpaired) electrons. The maximum absolute atomic E-state index is 13.0. The molecule has 138 valence electrons. The fourth-order valence-electron chi connectivity index (χ4n) is 3.90. The summed E-state index contributed by atoms with van der Waals surface area (Å²) in [6.07, 6.45) is 3.07. The predicted octanol–water partition coefficient (Wildman–Crippen LogP) is 0.274. The largest absolute Gasteiger partial charge is 0.326 e. The summed E-state index contributed by atoms with van der Waals surface area (Å²) in [4.78, 5) is 38.1. The molecule has 1 unspecified atom stereocenters. The van der Waals surface area contributed by atoms with Crippen LogP contribution in [0, 0.1) is 5.92 Å². The Morgan fingerprint density at radius 3 is 2.77 bits per heavy atom. The molecule has 0 spiro atoms. The summed E-state index contributed by atoms with van der Waals surface area (Å²) in [7, 11) is 0. The molecule has 0 aromatic heterocycles. The van der Waals surface area contributed by atoms with E-state index in [1.54, 1.807) is 4.90 Å². The van der Waals surface area contributed by atoms with E-state index in [2.05, 4.69) is 10.6 Å². The summed E-state index contributed by atoms with van der Waals surface area (Å²) in [6.45, 7) is 1.73. The minimum atomic E-state index is -0.573. The first-order chi connectivity index (χ1) is 12.5. The van der Waals surface area contributed by atoms with Crippen LogP contribution in [0.5, 0.6) is 0 Å². The van der Waals surface area contributed by atoms with Gasteiger partial charge in [-0.1, -0.05) is 18.2 Å². The van der Waals surface area contributed by atoms with Gasteiger partial charge in [0.05, 0.1) is 0 Å². The Hall–Kier alpha value is -2.25. The van der Waals surface area contributed by atoms with Crippen LogP contribution in [0.3, 0.4) is 0 Å². The van der Waals surface area contributed by atoms with E-state index in [-0.39, 0.29) is 30.2 Å². The monoisotopic (exact) mass is 356 g/mol. The minimum Gasteiger partial charge on any atom is -0.326 e. The van der Waals surface area contributed by atoms with Gasteiger partial charge in [0.15, 0.2) is 0 Å². The average molecular weight is 356 g/mol. The number of rotatable bonds is 6. The number of nitrogens with zero attached hydrogens (tertiary/aromatic N) is 1. The highest BCUT2D eigenvalue weighted by molar-refractivity contribution is 6.05. The van der Waals surface area contributed by atoms with Crippen LogP contribution in [0.4, 0.5) is 0 Å². The van der Waals surface area contributed by atoms with Crippen molar-refractivity contribution in [2.24, 2.45) is 11.7 Å². The Morgan fingerprint density at radius 2 is 2.04 bits per heavy atom. The molecule has 26 heavy (non-hydrogen) atoms. The Bertz CT molecular complexity index is 759. The molecule has 1 saturated heterocycles. The van der Waals surface area contributed by atoms with Gasteiger partial charge in [0.1, 0.15) is 6.04 Å². The molecule has 7 nitrogen and oxygen atoms in total. The van der Waals surface area contributed by atoms with Gasteiger partial charge in [0.25, 0.3) is 5.91 Å². The number of nitrogens with two attached hydrogens (primary N) is 1. The Morgan fingerprint density at radius 1 is 1.23 bits per heavy atom. The molecule has 2 aliphatic heterocycles. The molecule has 4 rings (SSSR count). The normalized spacial score (nSPS) is 23.8. The number of hydrogen-bond donors (Lipinski definition) is 3. The first-order valence-corrected chi connectivity index (χ1v) is 9.26. The molecule has 0 bridgehead atoms. The maximum Gasteiger partial charge on any atom is 0.255 e. The lowest BCUT2D eigenvalue weighted by Gasteiger charge is -2.29. The number of fused-ring (bicyclic) bond motifs is 1. The molecule has 1 aromatic carbocycles. The number of hydrogen-bond acceptors (Lipinski definition) is 5. The number of nitrogens with one attached hydrogen (secondary N) is 2. The Balaban J connectivity index is 1.46. The van der Waals surface area contributed by atoms with E-state index in [1.165, 1.54) is 12.8 Å². The molecule has 4 N–H and O–H groups in total. The molecule has 2 atom stereocenters. The van der Waals surface area contributed by atoms with E-state index >= 15 is 0 Å². The molecule has 3 amide bonds. The van der Waals surface area contributed by atoms with Crippen molar-refractivity contribution in [2.45, 2.75) is 50.9 Å². The standard InChI is InChI=1S/C19H24N4O3/c20-14(11-4-5-11)9-21-8-12-2-1-3-13-10-23(19(26)17(12)13)15-6-7-16(24)22-18(15)25/h1-3,11,14-15,21H,4-10,20H2,(H,22,24,25)/t14-,15?/m1/s1. The van der Waals surface area contributed by atoms with Gasteiger partial charge in [-0.15, -0.1) is 0 Å². The predicted molar refractivity (Wildman–Crippen MR) is 94.9 cm³/mol. The van der Waals surface area contributed by atoms with E-state index in [1.807, 2.05) is 18.2 Å². The van der Waals surface area contributed by atoms with Crippen molar-refractivity contribution in [3.05, 3.63) is 34.9 Å². The van der Waals surface area contributed by atoms with Crippen molar-refractivity contribution in [2.75, 3.05) is 6.54 Å². The molecular weight excluding hydrogens is 332 g/mol. The zero-order valence-corrected chi connectivity index (χ0v) is 14.7. The molecular formula is C19H24N4O3. The lowest BCUT2D eigenvalue weighted by Crippen LogP contribution is -2.52. The van der Waals surface area contributed by atoms with Gasteiger partial charge in [0.2, 0.25) is 11.8 Å². The SMILES string of the molecule is N[C@H](CNCc1cccc2c1C(=O)N(C1CCC(=O)NC1=O)C2)C1CC1. The summed E-state index contributed by atoms with van der Waals surface area (Å²) in [5.41, 5.74) is 8.68. The number of carbonyl (C=O) groups is 3. The molecule has 1 saturated carbocycles. The van der Waals surface area contributed by atoms with Crippen LogP contribution in [0.1, 0.15) is 47.2 Å². The van der Waals surface area contributed by atoms with E-state index in [4.69, 9.17) is 5.73 Å². The van der Waals surface area contributed by atoms with Crippen LogP contribution in [0.15, 0.2) is 18.2 Å². The molecule has 7 heteroatoms. The minimum absolute atomic E-state index is 0.126. The van der Waals surface area contributed by atoms with Crippen molar-refractivity contribution < 1.29 is 14.4 Å². The van der Waals surface area contributed by atoms with Crippen LogP contribution >= 0.6 is 0 Å². The summed E-state index contributed by atoms with van der Waals surface area (Å²) >= 11 is 0. The lowest BCUT2D eigenvalue weighted by molar-refractivity contribution is -0.136. The third kappa shape index (κ3) is 3.24. The molecule has 1 aromatic rings. The molecule has 1 aliphatic carbocycles. The second kappa shape index (κ2) is 6.81. The molecule has 3 aliphatic rings. The molecule has 2 heterocycles. The van der Waals surface area contributed by atoms with Gasteiger partial charge in [-0.25, -0.2) is 0 Å². The average Bonchev–Trinajstić information content (AvgIpc) is 3.40. The van der Waals surface area contributed by atoms with E-state index in [9.17, 15) is 14.4 Å². The quantitative estimate of drug-likeness (QED) is 0.635. The second-order valence-corrected chi connectivity index (χ2v) is 7.48. The van der Waals surface area contributed by atoms with Gasteiger partial charge in [-0.3, -0.25) is 19.7 Å².